The lowest BCUT2D eigenvalue weighted by molar-refractivity contribution is -0.130. The highest BCUT2D eigenvalue weighted by atomic mass is 16.2. The molecule has 0 radical (unpaired) electrons. The van der Waals surface area contributed by atoms with Gasteiger partial charge in [0.25, 0.3) is 0 Å². The molecule has 5 nitrogen and oxygen atoms in total. The molecule has 1 aromatic carbocycles. The molecule has 108 valence electrons. The van der Waals surface area contributed by atoms with Gasteiger partial charge in [-0.2, -0.15) is 0 Å². The molecule has 0 aromatic heterocycles. The monoisotopic (exact) mass is 275 g/mol. The predicted molar refractivity (Wildman–Crippen MR) is 78.7 cm³/mol. The number of piperazine rings is 1. The second-order valence-corrected chi connectivity index (χ2v) is 4.86. The fourth-order valence-electron chi connectivity index (χ4n) is 2.42. The van der Waals surface area contributed by atoms with Crippen molar-refractivity contribution in [3.63, 3.8) is 0 Å². The molecule has 0 aliphatic carbocycles. The fourth-order valence-corrected chi connectivity index (χ4v) is 2.42. The Morgan fingerprint density at radius 1 is 1.05 bits per heavy atom. The smallest absolute Gasteiger partial charge is 0.324 e. The molecular weight excluding hydrogens is 254 g/mol. The summed E-state index contributed by atoms with van der Waals surface area (Å²) in [6.45, 7) is 6.61. The molecule has 1 heterocycles. The average molecular weight is 275 g/mol. The van der Waals surface area contributed by atoms with Crippen molar-refractivity contribution >= 4 is 17.6 Å². The molecule has 2 rings (SSSR count). The maximum absolute atomic E-state index is 12.6. The highest BCUT2D eigenvalue weighted by Gasteiger charge is 2.25. The Kier molecular flexibility index (Phi) is 4.61. The lowest BCUT2D eigenvalue weighted by Gasteiger charge is -2.37. The second-order valence-electron chi connectivity index (χ2n) is 4.86. The minimum Gasteiger partial charge on any atom is -0.339 e. The Morgan fingerprint density at radius 2 is 1.60 bits per heavy atom. The molecule has 0 atom stereocenters. The number of hydrogen-bond acceptors (Lipinski definition) is 2. The van der Waals surface area contributed by atoms with Gasteiger partial charge in [0, 0.05) is 45.3 Å². The molecule has 20 heavy (non-hydrogen) atoms. The van der Waals surface area contributed by atoms with Crippen LogP contribution in [0.3, 0.4) is 0 Å². The Labute approximate surface area is 119 Å². The van der Waals surface area contributed by atoms with E-state index in [0.29, 0.717) is 32.7 Å². The van der Waals surface area contributed by atoms with Crippen molar-refractivity contribution in [1.82, 2.24) is 9.80 Å². The predicted octanol–water partition coefficient (Wildman–Crippen LogP) is 1.80. The van der Waals surface area contributed by atoms with Gasteiger partial charge in [0.1, 0.15) is 0 Å². The summed E-state index contributed by atoms with van der Waals surface area (Å²) < 4.78 is 0. The van der Waals surface area contributed by atoms with Gasteiger partial charge in [0.2, 0.25) is 5.91 Å². The fraction of sp³-hybridized carbons (Fsp3) is 0.467. The van der Waals surface area contributed by atoms with Crippen LogP contribution in [0.5, 0.6) is 0 Å². The minimum atomic E-state index is 0.0157. The van der Waals surface area contributed by atoms with Gasteiger partial charge >= 0.3 is 6.03 Å². The largest absolute Gasteiger partial charge is 0.339 e. The molecule has 0 unspecified atom stereocenters. The van der Waals surface area contributed by atoms with E-state index in [9.17, 15) is 9.59 Å². The Balaban J connectivity index is 2.02. The van der Waals surface area contributed by atoms with E-state index in [1.807, 2.05) is 42.2 Å². The third kappa shape index (κ3) is 3.10. The number of para-hydroxylation sites is 1. The first kappa shape index (κ1) is 14.4. The van der Waals surface area contributed by atoms with E-state index in [1.54, 1.807) is 16.7 Å². The van der Waals surface area contributed by atoms with Crippen LogP contribution >= 0.6 is 0 Å². The molecule has 0 saturated carbocycles. The summed E-state index contributed by atoms with van der Waals surface area (Å²) in [5.41, 5.74) is 0.911. The van der Waals surface area contributed by atoms with Crippen LogP contribution in [0.1, 0.15) is 13.8 Å². The average Bonchev–Trinajstić information content (AvgIpc) is 2.49. The van der Waals surface area contributed by atoms with Crippen molar-refractivity contribution in [2.75, 3.05) is 37.6 Å². The number of nitrogens with zero attached hydrogens (tertiary/aromatic N) is 3. The minimum absolute atomic E-state index is 0.0157. The van der Waals surface area contributed by atoms with E-state index in [2.05, 4.69) is 0 Å². The van der Waals surface area contributed by atoms with E-state index in [-0.39, 0.29) is 11.9 Å². The molecular formula is C15H21N3O2. The quantitative estimate of drug-likeness (QED) is 0.826. The van der Waals surface area contributed by atoms with E-state index in [0.717, 1.165) is 5.69 Å². The Bertz CT molecular complexity index is 467. The van der Waals surface area contributed by atoms with Crippen LogP contribution in [0.2, 0.25) is 0 Å². The lowest BCUT2D eigenvalue weighted by atomic mass is 10.3. The number of carbonyl (C=O) groups is 2. The molecule has 1 saturated heterocycles. The number of hydrogen-bond donors (Lipinski definition) is 0. The van der Waals surface area contributed by atoms with Crippen LogP contribution < -0.4 is 4.90 Å². The molecule has 1 aromatic rings. The van der Waals surface area contributed by atoms with Gasteiger partial charge in [0.05, 0.1) is 0 Å². The van der Waals surface area contributed by atoms with Crippen LogP contribution in [0, 0.1) is 0 Å². The van der Waals surface area contributed by atoms with Gasteiger partial charge in [-0.1, -0.05) is 18.2 Å². The molecule has 1 aliphatic rings. The van der Waals surface area contributed by atoms with Gasteiger partial charge in [-0.15, -0.1) is 0 Å². The second kappa shape index (κ2) is 6.41. The van der Waals surface area contributed by atoms with Crippen molar-refractivity contribution < 1.29 is 9.59 Å². The van der Waals surface area contributed by atoms with E-state index in [4.69, 9.17) is 0 Å². The zero-order valence-corrected chi connectivity index (χ0v) is 12.1. The summed E-state index contributed by atoms with van der Waals surface area (Å²) in [7, 11) is 0. The third-order valence-electron chi connectivity index (χ3n) is 3.61. The number of amides is 3. The Morgan fingerprint density at radius 3 is 2.10 bits per heavy atom. The number of anilines is 1. The molecule has 1 aliphatic heterocycles. The van der Waals surface area contributed by atoms with Gasteiger partial charge in [-0.3, -0.25) is 9.69 Å². The van der Waals surface area contributed by atoms with Gasteiger partial charge in [-0.05, 0) is 19.1 Å². The Hall–Kier alpha value is -2.04. The summed E-state index contributed by atoms with van der Waals surface area (Å²) in [4.78, 5) is 29.2. The normalized spacial score (nSPS) is 15.1. The van der Waals surface area contributed by atoms with Crippen molar-refractivity contribution in [1.29, 1.82) is 0 Å². The van der Waals surface area contributed by atoms with Crippen LogP contribution in [-0.2, 0) is 4.79 Å². The topological polar surface area (TPSA) is 43.9 Å². The number of urea groups is 1. The SMILES string of the molecule is CCN(C(=O)N1CCN(C(C)=O)CC1)c1ccccc1. The standard InChI is InChI=1S/C15H21N3O2/c1-3-18(14-7-5-4-6-8-14)15(20)17-11-9-16(10-12-17)13(2)19/h4-8H,3,9-12H2,1-2H3. The number of benzene rings is 1. The maximum Gasteiger partial charge on any atom is 0.324 e. The zero-order chi connectivity index (χ0) is 14.5. The molecule has 0 bridgehead atoms. The summed E-state index contributed by atoms with van der Waals surface area (Å²) in [5.74, 6) is 0.0764. The highest BCUT2D eigenvalue weighted by Crippen LogP contribution is 2.16. The van der Waals surface area contributed by atoms with Crippen LogP contribution in [-0.4, -0.2) is 54.5 Å². The first-order valence-electron chi connectivity index (χ1n) is 7.00. The van der Waals surface area contributed by atoms with Gasteiger partial charge in [-0.25, -0.2) is 4.79 Å². The van der Waals surface area contributed by atoms with Crippen LogP contribution in [0.15, 0.2) is 30.3 Å². The van der Waals surface area contributed by atoms with E-state index in [1.165, 1.54) is 0 Å². The zero-order valence-electron chi connectivity index (χ0n) is 12.1. The summed E-state index contributed by atoms with van der Waals surface area (Å²) in [6.07, 6.45) is 0. The van der Waals surface area contributed by atoms with E-state index < -0.39 is 0 Å². The molecule has 5 heteroatoms. The highest BCUT2D eigenvalue weighted by molar-refractivity contribution is 5.92. The molecule has 0 spiro atoms. The maximum atomic E-state index is 12.6. The summed E-state index contributed by atoms with van der Waals surface area (Å²) >= 11 is 0. The van der Waals surface area contributed by atoms with Crippen molar-refractivity contribution in [3.8, 4) is 0 Å². The number of carbonyl (C=O) groups excluding carboxylic acids is 2. The first-order chi connectivity index (χ1) is 9.63. The van der Waals surface area contributed by atoms with Crippen LogP contribution in [0.4, 0.5) is 10.5 Å². The summed E-state index contributed by atoms with van der Waals surface area (Å²) in [5, 5.41) is 0. The van der Waals surface area contributed by atoms with Gasteiger partial charge < -0.3 is 9.80 Å². The van der Waals surface area contributed by atoms with E-state index >= 15 is 0 Å². The first-order valence-corrected chi connectivity index (χ1v) is 7.00. The number of rotatable bonds is 2. The third-order valence-corrected chi connectivity index (χ3v) is 3.61. The van der Waals surface area contributed by atoms with Crippen molar-refractivity contribution in [3.05, 3.63) is 30.3 Å². The molecule has 3 amide bonds. The van der Waals surface area contributed by atoms with Crippen molar-refractivity contribution in [2.45, 2.75) is 13.8 Å². The van der Waals surface area contributed by atoms with Gasteiger partial charge in [0.15, 0.2) is 0 Å². The van der Waals surface area contributed by atoms with Crippen molar-refractivity contribution in [2.24, 2.45) is 0 Å². The molecule has 1 fully saturated rings. The van der Waals surface area contributed by atoms with Crippen LogP contribution in [0.25, 0.3) is 0 Å². The molecule has 0 N–H and O–H groups in total. The lowest BCUT2D eigenvalue weighted by Crippen LogP contribution is -2.53. The summed E-state index contributed by atoms with van der Waals surface area (Å²) in [6, 6.07) is 9.69.